The van der Waals surface area contributed by atoms with Crippen LogP contribution in [0.5, 0.6) is 0 Å². The minimum Gasteiger partial charge on any atom is -0.478 e. The molecule has 0 aromatic rings. The lowest BCUT2D eigenvalue weighted by atomic mass is 10.1. The average Bonchev–Trinajstić information content (AvgIpc) is 2.26. The zero-order valence-electron chi connectivity index (χ0n) is 7.55. The fraction of sp³-hybridized carbons (Fsp3) is 0.333. The van der Waals surface area contributed by atoms with E-state index in [1.165, 1.54) is 6.92 Å². The van der Waals surface area contributed by atoms with Gasteiger partial charge in [0.2, 0.25) is 0 Å². The van der Waals surface area contributed by atoms with Gasteiger partial charge in [0.05, 0.1) is 11.3 Å². The maximum Gasteiger partial charge on any atom is 0.337 e. The van der Waals surface area contributed by atoms with Crippen LogP contribution in [0.2, 0.25) is 0 Å². The van der Waals surface area contributed by atoms with Crippen LogP contribution in [0.25, 0.3) is 0 Å². The number of nitrogens with two attached hydrogens (primary N) is 1. The molecule has 0 radical (unpaired) electrons. The van der Waals surface area contributed by atoms with E-state index in [9.17, 15) is 9.59 Å². The summed E-state index contributed by atoms with van der Waals surface area (Å²) in [4.78, 5) is 21.7. The topological polar surface area (TPSA) is 80.4 Å². The number of ketones is 1. The number of aliphatic carboxylic acids is 1. The summed E-state index contributed by atoms with van der Waals surface area (Å²) in [5, 5.41) is 8.77. The Morgan fingerprint density at radius 1 is 1.46 bits per heavy atom. The first-order chi connectivity index (χ1) is 5.95. The number of allylic oxidation sites excluding steroid dienone is 2. The van der Waals surface area contributed by atoms with E-state index in [2.05, 4.69) is 0 Å². The zero-order valence-corrected chi connectivity index (χ0v) is 7.55. The molecule has 0 spiro atoms. The third kappa shape index (κ3) is 1.47. The lowest BCUT2D eigenvalue weighted by molar-refractivity contribution is -0.132. The molecule has 4 heteroatoms. The summed E-state index contributed by atoms with van der Waals surface area (Å²) < 4.78 is 0. The number of Topliss-reactive ketones (excluding diaryl/α,β-unsaturated/α-hetero) is 1. The van der Waals surface area contributed by atoms with Gasteiger partial charge < -0.3 is 10.8 Å². The van der Waals surface area contributed by atoms with Crippen LogP contribution in [0.1, 0.15) is 20.3 Å². The Bertz CT molecular complexity index is 350. The van der Waals surface area contributed by atoms with Crippen molar-refractivity contribution >= 4 is 11.8 Å². The largest absolute Gasteiger partial charge is 0.478 e. The predicted molar refractivity (Wildman–Crippen MR) is 46.8 cm³/mol. The third-order valence-corrected chi connectivity index (χ3v) is 2.10. The fourth-order valence-corrected chi connectivity index (χ4v) is 1.44. The predicted octanol–water partition coefficient (Wildman–Crippen LogP) is 0.593. The fourth-order valence-electron chi connectivity index (χ4n) is 1.44. The Balaban J connectivity index is 3.16. The minimum atomic E-state index is -1.06. The van der Waals surface area contributed by atoms with Gasteiger partial charge in [0.25, 0.3) is 0 Å². The van der Waals surface area contributed by atoms with Gasteiger partial charge in [-0.3, -0.25) is 4.79 Å². The van der Waals surface area contributed by atoms with Crippen molar-refractivity contribution in [3.05, 3.63) is 22.4 Å². The first-order valence-electron chi connectivity index (χ1n) is 3.88. The zero-order chi connectivity index (χ0) is 10.2. The highest BCUT2D eigenvalue weighted by atomic mass is 16.4. The monoisotopic (exact) mass is 181 g/mol. The van der Waals surface area contributed by atoms with Crippen LogP contribution in [0.3, 0.4) is 0 Å². The molecule has 70 valence electrons. The quantitative estimate of drug-likeness (QED) is 0.653. The molecule has 0 saturated carbocycles. The number of carbonyl (C=O) groups excluding carboxylic acids is 1. The SMILES string of the molecule is CC(=O)C1=C(N)C(C(=O)O)=C(C)C1. The van der Waals surface area contributed by atoms with Gasteiger partial charge in [0.15, 0.2) is 5.78 Å². The maximum atomic E-state index is 11.0. The molecular formula is C9H11NO3. The van der Waals surface area contributed by atoms with E-state index in [0.29, 0.717) is 17.6 Å². The van der Waals surface area contributed by atoms with E-state index in [4.69, 9.17) is 10.8 Å². The number of rotatable bonds is 2. The van der Waals surface area contributed by atoms with E-state index in [-0.39, 0.29) is 17.1 Å². The molecule has 3 N–H and O–H groups in total. The minimum absolute atomic E-state index is 0.0881. The van der Waals surface area contributed by atoms with Gasteiger partial charge in [-0.1, -0.05) is 5.57 Å². The van der Waals surface area contributed by atoms with Crippen LogP contribution in [-0.2, 0) is 9.59 Å². The summed E-state index contributed by atoms with van der Waals surface area (Å²) in [5.74, 6) is -1.22. The Hall–Kier alpha value is -1.58. The van der Waals surface area contributed by atoms with Crippen molar-refractivity contribution in [2.75, 3.05) is 0 Å². The lowest BCUT2D eigenvalue weighted by Crippen LogP contribution is -2.11. The van der Waals surface area contributed by atoms with Crippen molar-refractivity contribution in [1.29, 1.82) is 0 Å². The molecule has 1 aliphatic rings. The standard InChI is InChI=1S/C9H11NO3/c1-4-3-6(5(2)11)8(10)7(4)9(12)13/h3,10H2,1-2H3,(H,12,13). The van der Waals surface area contributed by atoms with E-state index < -0.39 is 5.97 Å². The van der Waals surface area contributed by atoms with Crippen LogP contribution in [0.4, 0.5) is 0 Å². The summed E-state index contributed by atoms with van der Waals surface area (Å²) in [6.45, 7) is 3.06. The highest BCUT2D eigenvalue weighted by Gasteiger charge is 2.26. The van der Waals surface area contributed by atoms with Crippen LogP contribution in [0, 0.1) is 0 Å². The van der Waals surface area contributed by atoms with Gasteiger partial charge in [-0.25, -0.2) is 4.79 Å². The van der Waals surface area contributed by atoms with Gasteiger partial charge in [0, 0.05) is 5.57 Å². The van der Waals surface area contributed by atoms with Gasteiger partial charge in [-0.15, -0.1) is 0 Å². The summed E-state index contributed by atoms with van der Waals surface area (Å²) in [5.41, 5.74) is 6.81. The number of carboxylic acids is 1. The molecule has 0 aromatic carbocycles. The highest BCUT2D eigenvalue weighted by Crippen LogP contribution is 2.29. The molecule has 0 amide bonds. The van der Waals surface area contributed by atoms with E-state index >= 15 is 0 Å². The molecule has 0 aromatic heterocycles. The van der Waals surface area contributed by atoms with Crippen molar-refractivity contribution in [3.8, 4) is 0 Å². The third-order valence-electron chi connectivity index (χ3n) is 2.10. The van der Waals surface area contributed by atoms with Crippen molar-refractivity contribution in [1.82, 2.24) is 0 Å². The molecular weight excluding hydrogens is 170 g/mol. The maximum absolute atomic E-state index is 11.0. The number of hydrogen-bond donors (Lipinski definition) is 2. The smallest absolute Gasteiger partial charge is 0.337 e. The normalized spacial score (nSPS) is 16.8. The van der Waals surface area contributed by atoms with Gasteiger partial charge in [-0.2, -0.15) is 0 Å². The second kappa shape index (κ2) is 3.05. The summed E-state index contributed by atoms with van der Waals surface area (Å²) in [6.07, 6.45) is 0.364. The first kappa shape index (κ1) is 9.51. The summed E-state index contributed by atoms with van der Waals surface area (Å²) in [6, 6.07) is 0. The Morgan fingerprint density at radius 2 is 2.00 bits per heavy atom. The van der Waals surface area contributed by atoms with Crippen LogP contribution in [0.15, 0.2) is 22.4 Å². The summed E-state index contributed by atoms with van der Waals surface area (Å²) >= 11 is 0. The van der Waals surface area contributed by atoms with Crippen LogP contribution in [-0.4, -0.2) is 16.9 Å². The number of hydrogen-bond acceptors (Lipinski definition) is 3. The average molecular weight is 181 g/mol. The molecule has 0 aliphatic heterocycles. The van der Waals surface area contributed by atoms with Crippen LogP contribution >= 0.6 is 0 Å². The Labute approximate surface area is 75.7 Å². The number of carboxylic acid groups (broad SMARTS) is 1. The van der Waals surface area contributed by atoms with Crippen molar-refractivity contribution in [2.45, 2.75) is 20.3 Å². The molecule has 0 saturated heterocycles. The van der Waals surface area contributed by atoms with E-state index in [0.717, 1.165) is 0 Å². The molecule has 4 nitrogen and oxygen atoms in total. The Kier molecular flexibility index (Phi) is 2.23. The first-order valence-corrected chi connectivity index (χ1v) is 3.88. The molecule has 1 rings (SSSR count). The molecule has 13 heavy (non-hydrogen) atoms. The second-order valence-electron chi connectivity index (χ2n) is 3.09. The van der Waals surface area contributed by atoms with Gasteiger partial charge >= 0.3 is 5.97 Å². The van der Waals surface area contributed by atoms with E-state index in [1.807, 2.05) is 0 Å². The van der Waals surface area contributed by atoms with Crippen molar-refractivity contribution in [3.63, 3.8) is 0 Å². The lowest BCUT2D eigenvalue weighted by Gasteiger charge is -1.99. The molecule has 0 heterocycles. The highest BCUT2D eigenvalue weighted by molar-refractivity contribution is 6.02. The molecule has 0 bridgehead atoms. The Morgan fingerprint density at radius 3 is 2.23 bits per heavy atom. The molecule has 1 aliphatic carbocycles. The molecule has 0 fully saturated rings. The molecule has 0 atom stereocenters. The van der Waals surface area contributed by atoms with Crippen molar-refractivity contribution < 1.29 is 14.7 Å². The van der Waals surface area contributed by atoms with Crippen LogP contribution < -0.4 is 5.73 Å². The van der Waals surface area contributed by atoms with E-state index in [1.54, 1.807) is 6.92 Å². The van der Waals surface area contributed by atoms with Gasteiger partial charge in [0.1, 0.15) is 0 Å². The summed E-state index contributed by atoms with van der Waals surface area (Å²) in [7, 11) is 0. The van der Waals surface area contributed by atoms with Crippen molar-refractivity contribution in [2.24, 2.45) is 5.73 Å². The number of carbonyl (C=O) groups is 2. The molecule has 0 unspecified atom stereocenters. The second-order valence-corrected chi connectivity index (χ2v) is 3.09. The van der Waals surface area contributed by atoms with Gasteiger partial charge in [-0.05, 0) is 20.3 Å².